The first kappa shape index (κ1) is 19.2. The summed E-state index contributed by atoms with van der Waals surface area (Å²) in [6.07, 6.45) is 1.76. The number of nitrogens with one attached hydrogen (secondary N) is 2. The van der Waals surface area contributed by atoms with E-state index in [0.29, 0.717) is 12.1 Å². The molecule has 0 fully saturated rings. The van der Waals surface area contributed by atoms with Gasteiger partial charge in [0.2, 0.25) is 0 Å². The zero-order chi connectivity index (χ0) is 18.8. The molecule has 6 nitrogen and oxygen atoms in total. The number of hydrogen-bond donors (Lipinski definition) is 2. The van der Waals surface area contributed by atoms with Gasteiger partial charge in [0.15, 0.2) is 6.61 Å². The van der Waals surface area contributed by atoms with E-state index >= 15 is 0 Å². The third-order valence-electron chi connectivity index (χ3n) is 3.63. The fourth-order valence-electron chi connectivity index (χ4n) is 2.33. The van der Waals surface area contributed by atoms with E-state index in [1.54, 1.807) is 12.1 Å². The molecule has 0 saturated carbocycles. The number of urea groups is 1. The molecule has 3 amide bonds. The van der Waals surface area contributed by atoms with Crippen molar-refractivity contribution in [1.82, 2.24) is 10.6 Å². The molecule has 0 radical (unpaired) electrons. The Hall–Kier alpha value is -3.15. The Balaban J connectivity index is 1.93. The van der Waals surface area contributed by atoms with Crippen LogP contribution in [0.4, 0.5) is 4.79 Å². The first-order valence-corrected chi connectivity index (χ1v) is 8.51. The molecule has 2 N–H and O–H groups in total. The normalized spacial score (nSPS) is 10.0. The largest absolute Gasteiger partial charge is 0.452 e. The van der Waals surface area contributed by atoms with Crippen molar-refractivity contribution < 1.29 is 19.1 Å². The lowest BCUT2D eigenvalue weighted by atomic mass is 10.00. The van der Waals surface area contributed by atoms with Gasteiger partial charge in [-0.3, -0.25) is 10.1 Å². The highest BCUT2D eigenvalue weighted by Crippen LogP contribution is 2.23. The number of carbonyl (C=O) groups excluding carboxylic acids is 3. The predicted molar refractivity (Wildman–Crippen MR) is 98.6 cm³/mol. The number of amides is 3. The number of imide groups is 1. The number of carbonyl (C=O) groups is 3. The van der Waals surface area contributed by atoms with Crippen LogP contribution in [0.5, 0.6) is 0 Å². The molecule has 26 heavy (non-hydrogen) atoms. The molecular weight excluding hydrogens is 332 g/mol. The van der Waals surface area contributed by atoms with Crippen LogP contribution in [0.25, 0.3) is 11.1 Å². The second-order valence-corrected chi connectivity index (χ2v) is 5.65. The Morgan fingerprint density at radius 1 is 0.962 bits per heavy atom. The lowest BCUT2D eigenvalue weighted by Gasteiger charge is -2.10. The number of hydrogen-bond acceptors (Lipinski definition) is 4. The molecule has 0 aliphatic carbocycles. The molecule has 136 valence electrons. The smallest absolute Gasteiger partial charge is 0.339 e. The van der Waals surface area contributed by atoms with Crippen molar-refractivity contribution in [3.63, 3.8) is 0 Å². The topological polar surface area (TPSA) is 84.5 Å². The average molecular weight is 354 g/mol. The molecule has 2 aromatic rings. The van der Waals surface area contributed by atoms with Gasteiger partial charge < -0.3 is 10.1 Å². The van der Waals surface area contributed by atoms with Crippen LogP contribution >= 0.6 is 0 Å². The minimum atomic E-state index is -0.676. The van der Waals surface area contributed by atoms with E-state index in [1.165, 1.54) is 0 Å². The standard InChI is InChI=1S/C20H22N2O4/c1-2-3-13-21-20(25)22-18(23)14-26-19(24)17-12-8-7-11-16(17)15-9-5-4-6-10-15/h4-12H,2-3,13-14H2,1H3,(H2,21,22,23,25). The molecule has 0 aliphatic rings. The van der Waals surface area contributed by atoms with Crippen molar-refractivity contribution in [2.45, 2.75) is 19.8 Å². The van der Waals surface area contributed by atoms with Gasteiger partial charge in [-0.05, 0) is 23.6 Å². The van der Waals surface area contributed by atoms with E-state index in [1.807, 2.05) is 49.4 Å². The van der Waals surface area contributed by atoms with Gasteiger partial charge in [-0.25, -0.2) is 9.59 Å². The Bertz CT molecular complexity index is 759. The molecule has 0 bridgehead atoms. The average Bonchev–Trinajstić information content (AvgIpc) is 2.67. The van der Waals surface area contributed by atoms with Crippen molar-refractivity contribution in [2.75, 3.05) is 13.2 Å². The minimum Gasteiger partial charge on any atom is -0.452 e. The number of benzene rings is 2. The first-order chi connectivity index (χ1) is 12.6. The highest BCUT2D eigenvalue weighted by atomic mass is 16.5. The van der Waals surface area contributed by atoms with Gasteiger partial charge in [0.05, 0.1) is 5.56 Å². The molecule has 0 spiro atoms. The van der Waals surface area contributed by atoms with Crippen LogP contribution in [-0.4, -0.2) is 31.1 Å². The Labute approximate surface area is 152 Å². The fraction of sp³-hybridized carbons (Fsp3) is 0.250. The molecule has 2 aromatic carbocycles. The maximum absolute atomic E-state index is 12.3. The molecule has 0 unspecified atom stereocenters. The third kappa shape index (κ3) is 5.73. The summed E-state index contributed by atoms with van der Waals surface area (Å²) in [6.45, 7) is 1.96. The minimum absolute atomic E-state index is 0.360. The van der Waals surface area contributed by atoms with E-state index in [0.717, 1.165) is 24.0 Å². The van der Waals surface area contributed by atoms with E-state index in [-0.39, 0.29) is 0 Å². The highest BCUT2D eigenvalue weighted by molar-refractivity contribution is 5.99. The van der Waals surface area contributed by atoms with Crippen LogP contribution in [-0.2, 0) is 9.53 Å². The summed E-state index contributed by atoms with van der Waals surface area (Å²) in [6, 6.07) is 15.8. The monoisotopic (exact) mass is 354 g/mol. The number of esters is 1. The van der Waals surface area contributed by atoms with Crippen LogP contribution in [0, 0.1) is 0 Å². The summed E-state index contributed by atoms with van der Waals surface area (Å²) in [7, 11) is 0. The van der Waals surface area contributed by atoms with Crippen molar-refractivity contribution in [3.05, 3.63) is 60.2 Å². The summed E-state index contributed by atoms with van der Waals surface area (Å²) in [4.78, 5) is 35.6. The molecule has 0 saturated heterocycles. The zero-order valence-electron chi connectivity index (χ0n) is 14.7. The van der Waals surface area contributed by atoms with Crippen LogP contribution in [0.2, 0.25) is 0 Å². The second kappa shape index (κ2) is 9.98. The maximum atomic E-state index is 12.3. The summed E-state index contributed by atoms with van der Waals surface area (Å²) in [5, 5.41) is 4.68. The van der Waals surface area contributed by atoms with E-state index in [9.17, 15) is 14.4 Å². The van der Waals surface area contributed by atoms with Gasteiger partial charge in [-0.15, -0.1) is 0 Å². The van der Waals surface area contributed by atoms with Gasteiger partial charge in [-0.1, -0.05) is 61.9 Å². The second-order valence-electron chi connectivity index (χ2n) is 5.65. The Morgan fingerprint density at radius 2 is 1.65 bits per heavy atom. The summed E-state index contributed by atoms with van der Waals surface area (Å²) in [5.41, 5.74) is 1.95. The summed E-state index contributed by atoms with van der Waals surface area (Å²) < 4.78 is 5.05. The molecule has 0 atom stereocenters. The van der Waals surface area contributed by atoms with Gasteiger partial charge in [0.25, 0.3) is 5.91 Å². The van der Waals surface area contributed by atoms with Gasteiger partial charge in [0.1, 0.15) is 0 Å². The van der Waals surface area contributed by atoms with E-state index in [2.05, 4.69) is 10.6 Å². The predicted octanol–water partition coefficient (Wildman–Crippen LogP) is 3.14. The molecule has 0 aromatic heterocycles. The quantitative estimate of drug-likeness (QED) is 0.591. The van der Waals surface area contributed by atoms with Crippen molar-refractivity contribution in [3.8, 4) is 11.1 Å². The number of unbranched alkanes of at least 4 members (excludes halogenated alkanes) is 1. The number of rotatable bonds is 7. The Morgan fingerprint density at radius 3 is 2.38 bits per heavy atom. The van der Waals surface area contributed by atoms with Crippen molar-refractivity contribution in [1.29, 1.82) is 0 Å². The van der Waals surface area contributed by atoms with Crippen LogP contribution < -0.4 is 10.6 Å². The van der Waals surface area contributed by atoms with Crippen molar-refractivity contribution in [2.24, 2.45) is 0 Å². The van der Waals surface area contributed by atoms with E-state index < -0.39 is 24.5 Å². The lowest BCUT2D eigenvalue weighted by molar-refractivity contribution is -0.123. The van der Waals surface area contributed by atoms with Crippen LogP contribution in [0.3, 0.4) is 0 Å². The zero-order valence-corrected chi connectivity index (χ0v) is 14.7. The van der Waals surface area contributed by atoms with Gasteiger partial charge in [0, 0.05) is 6.54 Å². The van der Waals surface area contributed by atoms with Crippen molar-refractivity contribution >= 4 is 17.9 Å². The lowest BCUT2D eigenvalue weighted by Crippen LogP contribution is -2.41. The van der Waals surface area contributed by atoms with Crippen LogP contribution in [0.1, 0.15) is 30.1 Å². The summed E-state index contributed by atoms with van der Waals surface area (Å²) >= 11 is 0. The fourth-order valence-corrected chi connectivity index (χ4v) is 2.33. The first-order valence-electron chi connectivity index (χ1n) is 8.51. The SMILES string of the molecule is CCCCNC(=O)NC(=O)COC(=O)c1ccccc1-c1ccccc1. The molecular formula is C20H22N2O4. The third-order valence-corrected chi connectivity index (χ3v) is 3.63. The molecule has 2 rings (SSSR count). The maximum Gasteiger partial charge on any atom is 0.339 e. The van der Waals surface area contributed by atoms with Crippen LogP contribution in [0.15, 0.2) is 54.6 Å². The highest BCUT2D eigenvalue weighted by Gasteiger charge is 2.16. The Kier molecular flexibility index (Phi) is 7.36. The number of ether oxygens (including phenoxy) is 1. The van der Waals surface area contributed by atoms with E-state index in [4.69, 9.17) is 4.74 Å². The summed E-state index contributed by atoms with van der Waals surface area (Å²) in [5.74, 6) is -1.30. The molecule has 0 aliphatic heterocycles. The molecule has 6 heteroatoms. The molecule has 0 heterocycles. The van der Waals surface area contributed by atoms with Gasteiger partial charge >= 0.3 is 12.0 Å². The van der Waals surface area contributed by atoms with Gasteiger partial charge in [-0.2, -0.15) is 0 Å².